The topological polar surface area (TPSA) is 80.9 Å². The molecule has 1 N–H and O–H groups in total. The predicted molar refractivity (Wildman–Crippen MR) is 99.9 cm³/mol. The average molecular weight is 387 g/mol. The summed E-state index contributed by atoms with van der Waals surface area (Å²) in [4.78, 5) is 29.9. The Bertz CT molecular complexity index is 1250. The van der Waals surface area contributed by atoms with Crippen LogP contribution in [0.25, 0.3) is 15.9 Å². The highest BCUT2D eigenvalue weighted by Gasteiger charge is 2.18. The quantitative estimate of drug-likeness (QED) is 0.545. The van der Waals surface area contributed by atoms with Gasteiger partial charge >= 0.3 is 0 Å². The molecule has 0 unspecified atom stereocenters. The normalized spacial score (nSPS) is 11.2. The smallest absolute Gasteiger partial charge is 0.275 e. The van der Waals surface area contributed by atoms with E-state index in [-0.39, 0.29) is 33.1 Å². The van der Waals surface area contributed by atoms with Gasteiger partial charge in [0.25, 0.3) is 5.56 Å². The van der Waals surface area contributed by atoms with E-state index in [0.29, 0.717) is 16.0 Å². The number of methoxy groups -OCH3 is 1. The van der Waals surface area contributed by atoms with Crippen LogP contribution in [0.3, 0.4) is 0 Å². The van der Waals surface area contributed by atoms with Crippen LogP contribution in [0.4, 0.5) is 0 Å². The number of fused-ring (bicyclic) bond motifs is 2. The molecule has 0 saturated heterocycles. The van der Waals surface area contributed by atoms with Crippen molar-refractivity contribution in [2.75, 3.05) is 7.11 Å². The van der Waals surface area contributed by atoms with Crippen LogP contribution in [0.15, 0.2) is 46.7 Å². The molecule has 0 aliphatic rings. The molecule has 8 heteroatoms. The number of nitrogens with zero attached hydrogens (tertiary/aromatic N) is 2. The number of phenols is 1. The number of rotatable bonds is 3. The third-order valence-corrected chi connectivity index (χ3v) is 5.16. The summed E-state index contributed by atoms with van der Waals surface area (Å²) in [6.07, 6.45) is 1.39. The van der Waals surface area contributed by atoms with Gasteiger partial charge in [-0.1, -0.05) is 11.6 Å². The molecular formula is C18H11ClN2O4S. The van der Waals surface area contributed by atoms with Crippen LogP contribution in [0, 0.1) is 0 Å². The molecule has 0 atom stereocenters. The maximum Gasteiger partial charge on any atom is 0.275 e. The van der Waals surface area contributed by atoms with E-state index in [4.69, 9.17) is 16.3 Å². The number of carbonyl (C=O) groups excluding carboxylic acids is 1. The molecule has 0 amide bonds. The minimum absolute atomic E-state index is 0.0537. The summed E-state index contributed by atoms with van der Waals surface area (Å²) in [7, 11) is 1.46. The zero-order valence-electron chi connectivity index (χ0n) is 13.4. The largest absolute Gasteiger partial charge is 0.507 e. The predicted octanol–water partition coefficient (Wildman–Crippen LogP) is 3.51. The van der Waals surface area contributed by atoms with E-state index in [0.717, 1.165) is 0 Å². The molecule has 0 aliphatic heterocycles. The second-order valence-electron chi connectivity index (χ2n) is 5.53. The van der Waals surface area contributed by atoms with Gasteiger partial charge in [-0.05, 0) is 35.7 Å². The number of halogens is 1. The van der Waals surface area contributed by atoms with E-state index in [2.05, 4.69) is 4.98 Å². The fourth-order valence-corrected chi connectivity index (χ4v) is 3.71. The lowest BCUT2D eigenvalue weighted by atomic mass is 10.0. The van der Waals surface area contributed by atoms with Gasteiger partial charge in [0.2, 0.25) is 0 Å². The number of aromatic hydroxyl groups is 1. The summed E-state index contributed by atoms with van der Waals surface area (Å²) >= 11 is 7.55. The van der Waals surface area contributed by atoms with Crippen LogP contribution in [-0.2, 0) is 0 Å². The molecule has 3 aromatic heterocycles. The maximum atomic E-state index is 12.8. The molecule has 0 aliphatic carbocycles. The minimum Gasteiger partial charge on any atom is -0.507 e. The summed E-state index contributed by atoms with van der Waals surface area (Å²) in [5, 5.41) is 12.0. The van der Waals surface area contributed by atoms with Gasteiger partial charge in [-0.15, -0.1) is 11.3 Å². The summed E-state index contributed by atoms with van der Waals surface area (Å²) < 4.78 is 6.83. The fraction of sp³-hybridized carbons (Fsp3) is 0.0556. The first kappa shape index (κ1) is 16.6. The third kappa shape index (κ3) is 2.53. The Morgan fingerprint density at radius 2 is 2.12 bits per heavy atom. The molecular weight excluding hydrogens is 376 g/mol. The van der Waals surface area contributed by atoms with Crippen molar-refractivity contribution in [1.82, 2.24) is 9.38 Å². The van der Waals surface area contributed by atoms with Crippen LogP contribution >= 0.6 is 22.9 Å². The second kappa shape index (κ2) is 6.12. The number of hydrogen-bond donors (Lipinski definition) is 1. The van der Waals surface area contributed by atoms with Crippen LogP contribution < -0.4 is 10.3 Å². The standard InChI is InChI=1S/C18H11ClN2O4S/c1-25-10-2-3-14(22)11(7-10)15(23)9-6-12(19)17-20-13-4-5-26-16(13)18(24)21(17)8-9/h2-8,22H,1H3. The van der Waals surface area contributed by atoms with Crippen molar-refractivity contribution in [3.05, 3.63) is 68.4 Å². The molecule has 26 heavy (non-hydrogen) atoms. The highest BCUT2D eigenvalue weighted by molar-refractivity contribution is 7.17. The summed E-state index contributed by atoms with van der Waals surface area (Å²) in [5.41, 5.74) is 0.746. The van der Waals surface area contributed by atoms with Crippen molar-refractivity contribution < 1.29 is 14.6 Å². The Morgan fingerprint density at radius 3 is 2.88 bits per heavy atom. The number of hydrogen-bond acceptors (Lipinski definition) is 6. The van der Waals surface area contributed by atoms with Crippen molar-refractivity contribution in [2.45, 2.75) is 0 Å². The van der Waals surface area contributed by atoms with Gasteiger partial charge in [0, 0.05) is 11.8 Å². The van der Waals surface area contributed by atoms with E-state index in [1.807, 2.05) is 0 Å². The van der Waals surface area contributed by atoms with Crippen molar-refractivity contribution >= 4 is 44.6 Å². The first-order valence-corrected chi connectivity index (χ1v) is 8.76. The molecule has 0 fully saturated rings. The van der Waals surface area contributed by atoms with Crippen molar-refractivity contribution in [1.29, 1.82) is 0 Å². The van der Waals surface area contributed by atoms with E-state index in [1.54, 1.807) is 17.5 Å². The van der Waals surface area contributed by atoms with Gasteiger partial charge in [-0.25, -0.2) is 4.98 Å². The average Bonchev–Trinajstić information content (AvgIpc) is 3.11. The Morgan fingerprint density at radius 1 is 1.31 bits per heavy atom. The molecule has 0 saturated carbocycles. The first-order chi connectivity index (χ1) is 12.5. The van der Waals surface area contributed by atoms with Gasteiger partial charge in [-0.3, -0.25) is 14.0 Å². The highest BCUT2D eigenvalue weighted by Crippen LogP contribution is 2.27. The lowest BCUT2D eigenvalue weighted by Gasteiger charge is -2.09. The molecule has 0 spiro atoms. The van der Waals surface area contributed by atoms with Crippen LogP contribution in [0.5, 0.6) is 11.5 Å². The van der Waals surface area contributed by atoms with E-state index in [1.165, 1.54) is 47.2 Å². The minimum atomic E-state index is -0.483. The Kier molecular flexibility index (Phi) is 3.90. The SMILES string of the molecule is COc1ccc(O)c(C(=O)c2cc(Cl)c3nc4ccsc4c(=O)n3c2)c1. The monoisotopic (exact) mass is 386 g/mol. The number of benzene rings is 1. The number of phenolic OH excluding ortho intramolecular Hbond substituents is 1. The number of ether oxygens (including phenoxy) is 1. The molecule has 4 aromatic rings. The Hall–Kier alpha value is -2.90. The maximum absolute atomic E-state index is 12.8. The molecule has 4 rings (SSSR count). The molecule has 3 heterocycles. The van der Waals surface area contributed by atoms with Crippen LogP contribution in [0.2, 0.25) is 5.02 Å². The number of thiophene rings is 1. The molecule has 130 valence electrons. The molecule has 0 radical (unpaired) electrons. The van der Waals surface area contributed by atoms with Crippen molar-refractivity contribution in [2.24, 2.45) is 0 Å². The number of aromatic nitrogens is 2. The number of ketones is 1. The van der Waals surface area contributed by atoms with Gasteiger partial charge in [0.05, 0.1) is 23.2 Å². The molecule has 0 bridgehead atoms. The van der Waals surface area contributed by atoms with Crippen LogP contribution in [-0.4, -0.2) is 27.4 Å². The van der Waals surface area contributed by atoms with Crippen molar-refractivity contribution in [3.8, 4) is 11.5 Å². The first-order valence-electron chi connectivity index (χ1n) is 7.50. The highest BCUT2D eigenvalue weighted by atomic mass is 35.5. The number of carbonyl (C=O) groups is 1. The number of pyridine rings is 1. The second-order valence-corrected chi connectivity index (χ2v) is 6.86. The van der Waals surface area contributed by atoms with E-state index in [9.17, 15) is 14.7 Å². The zero-order chi connectivity index (χ0) is 18.4. The van der Waals surface area contributed by atoms with Gasteiger partial charge in [-0.2, -0.15) is 0 Å². The summed E-state index contributed by atoms with van der Waals surface area (Å²) in [6.45, 7) is 0. The molecule has 1 aromatic carbocycles. The fourth-order valence-electron chi connectivity index (χ4n) is 2.69. The van der Waals surface area contributed by atoms with E-state index >= 15 is 0 Å². The summed E-state index contributed by atoms with van der Waals surface area (Å²) in [5.74, 6) is -0.244. The van der Waals surface area contributed by atoms with E-state index < -0.39 is 5.78 Å². The van der Waals surface area contributed by atoms with Gasteiger partial charge in [0.15, 0.2) is 11.4 Å². The van der Waals surface area contributed by atoms with Gasteiger partial charge in [0.1, 0.15) is 16.2 Å². The molecule has 6 nitrogen and oxygen atoms in total. The lowest BCUT2D eigenvalue weighted by molar-refractivity contribution is 0.103. The zero-order valence-corrected chi connectivity index (χ0v) is 15.0. The van der Waals surface area contributed by atoms with Crippen LogP contribution in [0.1, 0.15) is 15.9 Å². The Labute approximate surface area is 155 Å². The third-order valence-electron chi connectivity index (χ3n) is 3.99. The summed E-state index contributed by atoms with van der Waals surface area (Å²) in [6, 6.07) is 7.52. The Balaban J connectivity index is 1.95. The van der Waals surface area contributed by atoms with Gasteiger partial charge < -0.3 is 9.84 Å². The lowest BCUT2D eigenvalue weighted by Crippen LogP contribution is -2.16. The van der Waals surface area contributed by atoms with Crippen molar-refractivity contribution in [3.63, 3.8) is 0 Å².